The Kier molecular flexibility index (Phi) is 3.83. The maximum atomic E-state index is 6.52. The molecule has 1 unspecified atom stereocenters. The van der Waals surface area contributed by atoms with E-state index in [2.05, 4.69) is 67.4 Å². The van der Waals surface area contributed by atoms with Crippen molar-refractivity contribution in [3.05, 3.63) is 63.8 Å². The van der Waals surface area contributed by atoms with E-state index in [1.165, 1.54) is 26.1 Å². The largest absolute Gasteiger partial charge is 0.484 e. The van der Waals surface area contributed by atoms with Crippen LogP contribution in [0.15, 0.2) is 48.5 Å². The molecular formula is C20H21NOS. The maximum absolute atomic E-state index is 6.52. The Bertz CT molecular complexity index is 833. The van der Waals surface area contributed by atoms with Gasteiger partial charge in [0.25, 0.3) is 0 Å². The van der Waals surface area contributed by atoms with E-state index in [0.29, 0.717) is 0 Å². The average molecular weight is 323 g/mol. The van der Waals surface area contributed by atoms with E-state index in [0.717, 1.165) is 25.3 Å². The molecule has 1 aliphatic rings. The van der Waals surface area contributed by atoms with Gasteiger partial charge in [0.15, 0.2) is 0 Å². The van der Waals surface area contributed by atoms with Gasteiger partial charge >= 0.3 is 0 Å². The van der Waals surface area contributed by atoms with Gasteiger partial charge in [-0.3, -0.25) is 0 Å². The summed E-state index contributed by atoms with van der Waals surface area (Å²) in [6.07, 6.45) is 1.19. The van der Waals surface area contributed by atoms with E-state index in [1.807, 2.05) is 11.3 Å². The topological polar surface area (TPSA) is 12.5 Å². The van der Waals surface area contributed by atoms with Crippen LogP contribution in [0, 0.1) is 6.92 Å². The summed E-state index contributed by atoms with van der Waals surface area (Å²) in [5.41, 5.74) is 1.43. The van der Waals surface area contributed by atoms with Gasteiger partial charge in [-0.15, -0.1) is 11.3 Å². The second-order valence-corrected chi connectivity index (χ2v) is 7.64. The van der Waals surface area contributed by atoms with Gasteiger partial charge in [0.05, 0.1) is 0 Å². The van der Waals surface area contributed by atoms with Crippen molar-refractivity contribution in [3.8, 4) is 5.75 Å². The number of hydrogen-bond donors (Lipinski definition) is 0. The molecule has 0 bridgehead atoms. The molecule has 0 saturated heterocycles. The third-order valence-electron chi connectivity index (χ3n) is 4.49. The van der Waals surface area contributed by atoms with Gasteiger partial charge in [-0.25, -0.2) is 0 Å². The van der Waals surface area contributed by atoms with Crippen molar-refractivity contribution in [2.24, 2.45) is 0 Å². The second-order valence-electron chi connectivity index (χ2n) is 6.36. The molecule has 2 nitrogen and oxygen atoms in total. The van der Waals surface area contributed by atoms with Gasteiger partial charge in [-0.05, 0) is 37.1 Å². The number of thiophene rings is 1. The highest BCUT2D eigenvalue weighted by Crippen LogP contribution is 2.38. The molecule has 1 aromatic heterocycles. The van der Waals surface area contributed by atoms with Crippen LogP contribution in [-0.2, 0) is 6.54 Å². The molecule has 0 fully saturated rings. The first kappa shape index (κ1) is 14.7. The average Bonchev–Trinajstić information content (AvgIpc) is 2.85. The molecule has 23 heavy (non-hydrogen) atoms. The number of fused-ring (bicyclic) bond motifs is 2. The van der Waals surface area contributed by atoms with Crippen LogP contribution in [0.25, 0.3) is 10.8 Å². The van der Waals surface area contributed by atoms with Crippen LogP contribution < -0.4 is 4.74 Å². The monoisotopic (exact) mass is 323 g/mol. The maximum Gasteiger partial charge on any atom is 0.134 e. The summed E-state index contributed by atoms with van der Waals surface area (Å²) in [6.45, 7) is 4.28. The van der Waals surface area contributed by atoms with Crippen molar-refractivity contribution in [2.45, 2.75) is 26.0 Å². The Hall–Kier alpha value is -1.84. The second kappa shape index (κ2) is 5.99. The van der Waals surface area contributed by atoms with Gasteiger partial charge in [0.2, 0.25) is 0 Å². The molecule has 1 atom stereocenters. The Morgan fingerprint density at radius 1 is 1.13 bits per heavy atom. The van der Waals surface area contributed by atoms with Crippen molar-refractivity contribution in [1.82, 2.24) is 4.90 Å². The minimum absolute atomic E-state index is 0.152. The van der Waals surface area contributed by atoms with Gasteiger partial charge in [-0.1, -0.05) is 36.4 Å². The van der Waals surface area contributed by atoms with Crippen LogP contribution in [-0.4, -0.2) is 18.5 Å². The van der Waals surface area contributed by atoms with E-state index < -0.39 is 0 Å². The van der Waals surface area contributed by atoms with E-state index in [9.17, 15) is 0 Å². The highest BCUT2D eigenvalue weighted by atomic mass is 32.1. The number of benzene rings is 2. The fourth-order valence-corrected chi connectivity index (χ4v) is 4.48. The first-order valence-corrected chi connectivity index (χ1v) is 8.94. The fourth-order valence-electron chi connectivity index (χ4n) is 3.38. The quantitative estimate of drug-likeness (QED) is 0.645. The third-order valence-corrected chi connectivity index (χ3v) is 5.67. The summed E-state index contributed by atoms with van der Waals surface area (Å²) in [4.78, 5) is 5.16. The molecule has 1 aliphatic heterocycles. The van der Waals surface area contributed by atoms with Gasteiger partial charge in [0.1, 0.15) is 11.9 Å². The lowest BCUT2D eigenvalue weighted by molar-refractivity contribution is 0.187. The zero-order valence-corrected chi connectivity index (χ0v) is 14.4. The normalized spacial score (nSPS) is 18.6. The molecule has 2 aromatic carbocycles. The Morgan fingerprint density at radius 2 is 1.96 bits per heavy atom. The summed E-state index contributed by atoms with van der Waals surface area (Å²) in [6, 6.07) is 17.1. The van der Waals surface area contributed by atoms with Gasteiger partial charge in [-0.2, -0.15) is 0 Å². The van der Waals surface area contributed by atoms with Crippen molar-refractivity contribution < 1.29 is 4.74 Å². The molecule has 3 heteroatoms. The summed E-state index contributed by atoms with van der Waals surface area (Å²) in [5, 5.41) is 2.43. The van der Waals surface area contributed by atoms with Crippen molar-refractivity contribution in [1.29, 1.82) is 0 Å². The first-order valence-electron chi connectivity index (χ1n) is 8.13. The SMILES string of the molecule is Cc1cc2c(s1)C(Oc1cccc3ccccc13)CCN(C)C2. The minimum Gasteiger partial charge on any atom is -0.484 e. The van der Waals surface area contributed by atoms with Crippen LogP contribution in [0.1, 0.15) is 27.8 Å². The Morgan fingerprint density at radius 3 is 2.87 bits per heavy atom. The van der Waals surface area contributed by atoms with Crippen LogP contribution in [0.2, 0.25) is 0 Å². The number of aryl methyl sites for hydroxylation is 1. The summed E-state index contributed by atoms with van der Waals surface area (Å²) < 4.78 is 6.52. The number of ether oxygens (including phenoxy) is 1. The van der Waals surface area contributed by atoms with E-state index in [4.69, 9.17) is 4.74 Å². The number of nitrogens with zero attached hydrogens (tertiary/aromatic N) is 1. The lowest BCUT2D eigenvalue weighted by atomic mass is 10.1. The van der Waals surface area contributed by atoms with Crippen molar-refractivity contribution in [2.75, 3.05) is 13.6 Å². The smallest absolute Gasteiger partial charge is 0.134 e. The molecule has 0 aliphatic carbocycles. The molecule has 3 aromatic rings. The fraction of sp³-hybridized carbons (Fsp3) is 0.300. The molecule has 4 rings (SSSR count). The molecule has 118 valence electrons. The highest BCUT2D eigenvalue weighted by molar-refractivity contribution is 7.12. The predicted molar refractivity (Wildman–Crippen MR) is 97.3 cm³/mol. The summed E-state index contributed by atoms with van der Waals surface area (Å²) >= 11 is 1.89. The van der Waals surface area contributed by atoms with Gasteiger partial charge in [0, 0.05) is 34.7 Å². The predicted octanol–water partition coefficient (Wildman–Crippen LogP) is 5.17. The molecular weight excluding hydrogens is 302 g/mol. The van der Waals surface area contributed by atoms with Gasteiger partial charge < -0.3 is 9.64 Å². The highest BCUT2D eigenvalue weighted by Gasteiger charge is 2.25. The van der Waals surface area contributed by atoms with Crippen LogP contribution in [0.5, 0.6) is 5.75 Å². The first-order chi connectivity index (χ1) is 11.2. The number of hydrogen-bond acceptors (Lipinski definition) is 3. The molecule has 0 saturated carbocycles. The van der Waals surface area contributed by atoms with E-state index >= 15 is 0 Å². The minimum atomic E-state index is 0.152. The molecule has 0 radical (unpaired) electrons. The number of rotatable bonds is 2. The van der Waals surface area contributed by atoms with Crippen LogP contribution in [0.4, 0.5) is 0 Å². The van der Waals surface area contributed by atoms with Crippen molar-refractivity contribution in [3.63, 3.8) is 0 Å². The molecule has 0 amide bonds. The lowest BCUT2D eigenvalue weighted by Gasteiger charge is -2.19. The van der Waals surface area contributed by atoms with Crippen LogP contribution >= 0.6 is 11.3 Å². The zero-order chi connectivity index (χ0) is 15.8. The van der Waals surface area contributed by atoms with Crippen LogP contribution in [0.3, 0.4) is 0 Å². The molecule has 2 heterocycles. The Labute approximate surface area is 141 Å². The van der Waals surface area contributed by atoms with E-state index in [-0.39, 0.29) is 6.10 Å². The van der Waals surface area contributed by atoms with Crippen molar-refractivity contribution >= 4 is 22.1 Å². The third kappa shape index (κ3) is 2.87. The summed E-state index contributed by atoms with van der Waals surface area (Å²) in [7, 11) is 2.19. The molecule has 0 spiro atoms. The zero-order valence-electron chi connectivity index (χ0n) is 13.6. The Balaban J connectivity index is 1.73. The van der Waals surface area contributed by atoms with E-state index in [1.54, 1.807) is 0 Å². The standard InChI is InChI=1S/C20H21NOS/c1-14-12-16-13-21(2)11-10-19(20(16)23-14)22-18-9-5-7-15-6-3-4-8-17(15)18/h3-9,12,19H,10-11,13H2,1-2H3. The lowest BCUT2D eigenvalue weighted by Crippen LogP contribution is -2.18. The molecule has 0 N–H and O–H groups in total. The summed E-state index contributed by atoms with van der Waals surface area (Å²) in [5.74, 6) is 0.995.